The lowest BCUT2D eigenvalue weighted by atomic mass is 10.2. The van der Waals surface area contributed by atoms with Gasteiger partial charge >= 0.3 is 0 Å². The van der Waals surface area contributed by atoms with Gasteiger partial charge in [0.25, 0.3) is 5.91 Å². The van der Waals surface area contributed by atoms with Crippen LogP contribution in [0.4, 0.5) is 11.4 Å². The van der Waals surface area contributed by atoms with Crippen molar-refractivity contribution >= 4 is 27.3 Å². The fourth-order valence-corrected chi connectivity index (χ4v) is 3.25. The second kappa shape index (κ2) is 7.83. The first kappa shape index (κ1) is 17.8. The zero-order chi connectivity index (χ0) is 17.6. The molecule has 0 unspecified atom stereocenters. The van der Waals surface area contributed by atoms with E-state index in [4.69, 9.17) is 4.74 Å². The van der Waals surface area contributed by atoms with Crippen LogP contribution in [0.25, 0.3) is 0 Å². The second-order valence-corrected chi connectivity index (χ2v) is 7.03. The number of hydrogen-bond acceptors (Lipinski definition) is 4. The number of sulfonamides is 1. The quantitative estimate of drug-likeness (QED) is 0.805. The Balaban J connectivity index is 2.14. The maximum absolute atomic E-state index is 12.3. The minimum absolute atomic E-state index is 0.0350. The van der Waals surface area contributed by atoms with Gasteiger partial charge in [-0.05, 0) is 36.8 Å². The molecule has 2 rings (SSSR count). The SMILES string of the molecule is CCCS(=O)(=O)Nc1cccc(C(=O)Nc2cccc(OC)c2)c1. The predicted octanol–water partition coefficient (Wildman–Crippen LogP) is 3.10. The van der Waals surface area contributed by atoms with Gasteiger partial charge in [0.2, 0.25) is 10.0 Å². The maximum atomic E-state index is 12.3. The van der Waals surface area contributed by atoms with Crippen LogP contribution in [0.2, 0.25) is 0 Å². The van der Waals surface area contributed by atoms with Gasteiger partial charge in [-0.2, -0.15) is 0 Å². The molecule has 0 heterocycles. The number of carbonyl (C=O) groups is 1. The molecule has 0 spiro atoms. The molecule has 7 heteroatoms. The Kier molecular flexibility index (Phi) is 5.81. The van der Waals surface area contributed by atoms with Crippen LogP contribution < -0.4 is 14.8 Å². The Morgan fingerprint density at radius 2 is 1.79 bits per heavy atom. The third kappa shape index (κ3) is 4.99. The van der Waals surface area contributed by atoms with E-state index in [-0.39, 0.29) is 11.7 Å². The van der Waals surface area contributed by atoms with Crippen LogP contribution in [0.3, 0.4) is 0 Å². The molecule has 2 aromatic rings. The molecule has 0 aliphatic heterocycles. The molecule has 0 bridgehead atoms. The average molecular weight is 348 g/mol. The highest BCUT2D eigenvalue weighted by Crippen LogP contribution is 2.19. The molecule has 0 saturated carbocycles. The lowest BCUT2D eigenvalue weighted by Crippen LogP contribution is -2.17. The number of methoxy groups -OCH3 is 1. The lowest BCUT2D eigenvalue weighted by molar-refractivity contribution is 0.102. The monoisotopic (exact) mass is 348 g/mol. The Hall–Kier alpha value is -2.54. The average Bonchev–Trinajstić information content (AvgIpc) is 2.54. The molecule has 0 radical (unpaired) electrons. The van der Waals surface area contributed by atoms with Crippen molar-refractivity contribution in [3.8, 4) is 5.75 Å². The molecule has 0 aliphatic carbocycles. The minimum Gasteiger partial charge on any atom is -0.497 e. The van der Waals surface area contributed by atoms with E-state index in [2.05, 4.69) is 10.0 Å². The first-order valence-electron chi connectivity index (χ1n) is 7.49. The highest BCUT2D eigenvalue weighted by atomic mass is 32.2. The van der Waals surface area contributed by atoms with E-state index in [1.165, 1.54) is 6.07 Å². The Labute approximate surface area is 141 Å². The van der Waals surface area contributed by atoms with E-state index < -0.39 is 10.0 Å². The second-order valence-electron chi connectivity index (χ2n) is 5.19. The van der Waals surface area contributed by atoms with Gasteiger partial charge in [0.1, 0.15) is 5.75 Å². The van der Waals surface area contributed by atoms with Crippen LogP contribution in [0.15, 0.2) is 48.5 Å². The summed E-state index contributed by atoms with van der Waals surface area (Å²) in [4.78, 5) is 12.3. The number of hydrogen-bond donors (Lipinski definition) is 2. The summed E-state index contributed by atoms with van der Waals surface area (Å²) in [6, 6.07) is 13.3. The van der Waals surface area contributed by atoms with Crippen molar-refractivity contribution in [1.82, 2.24) is 0 Å². The van der Waals surface area contributed by atoms with Gasteiger partial charge in [-0.3, -0.25) is 9.52 Å². The standard InChI is InChI=1S/C17H20N2O4S/c1-3-10-24(21,22)19-15-8-4-6-13(11-15)17(20)18-14-7-5-9-16(12-14)23-2/h4-9,11-12,19H,3,10H2,1-2H3,(H,18,20). The molecule has 2 aromatic carbocycles. The first-order chi connectivity index (χ1) is 11.4. The van der Waals surface area contributed by atoms with E-state index in [1.807, 2.05) is 0 Å². The van der Waals surface area contributed by atoms with Crippen molar-refractivity contribution in [2.45, 2.75) is 13.3 Å². The van der Waals surface area contributed by atoms with E-state index in [1.54, 1.807) is 56.5 Å². The maximum Gasteiger partial charge on any atom is 0.255 e. The molecule has 0 fully saturated rings. The zero-order valence-corrected chi connectivity index (χ0v) is 14.4. The fraction of sp³-hybridized carbons (Fsp3) is 0.235. The molecule has 0 aliphatic rings. The molecule has 0 saturated heterocycles. The molecular weight excluding hydrogens is 328 g/mol. The van der Waals surface area contributed by atoms with E-state index in [9.17, 15) is 13.2 Å². The van der Waals surface area contributed by atoms with Gasteiger partial charge in [0, 0.05) is 23.0 Å². The van der Waals surface area contributed by atoms with E-state index in [0.29, 0.717) is 29.1 Å². The van der Waals surface area contributed by atoms with Gasteiger partial charge in [-0.15, -0.1) is 0 Å². The summed E-state index contributed by atoms with van der Waals surface area (Å²) >= 11 is 0. The van der Waals surface area contributed by atoms with Crippen molar-refractivity contribution in [1.29, 1.82) is 0 Å². The lowest BCUT2D eigenvalue weighted by Gasteiger charge is -2.10. The number of amides is 1. The zero-order valence-electron chi connectivity index (χ0n) is 13.6. The van der Waals surface area contributed by atoms with Crippen molar-refractivity contribution < 1.29 is 17.9 Å². The third-order valence-corrected chi connectivity index (χ3v) is 4.69. The van der Waals surface area contributed by atoms with Gasteiger partial charge in [-0.25, -0.2) is 8.42 Å². The van der Waals surface area contributed by atoms with Crippen molar-refractivity contribution in [2.24, 2.45) is 0 Å². The van der Waals surface area contributed by atoms with E-state index in [0.717, 1.165) is 0 Å². The Morgan fingerprint density at radius 3 is 2.50 bits per heavy atom. The van der Waals surface area contributed by atoms with Crippen LogP contribution in [-0.2, 0) is 10.0 Å². The molecular formula is C17H20N2O4S. The van der Waals surface area contributed by atoms with E-state index >= 15 is 0 Å². The summed E-state index contributed by atoms with van der Waals surface area (Å²) in [6.07, 6.45) is 0.519. The van der Waals surface area contributed by atoms with Crippen LogP contribution in [0.1, 0.15) is 23.7 Å². The van der Waals surface area contributed by atoms with Gasteiger partial charge < -0.3 is 10.1 Å². The first-order valence-corrected chi connectivity index (χ1v) is 9.14. The van der Waals surface area contributed by atoms with Crippen LogP contribution >= 0.6 is 0 Å². The smallest absolute Gasteiger partial charge is 0.255 e. The highest BCUT2D eigenvalue weighted by Gasteiger charge is 2.11. The summed E-state index contributed by atoms with van der Waals surface area (Å²) in [5.74, 6) is 0.335. The third-order valence-electron chi connectivity index (χ3n) is 3.20. The fourth-order valence-electron chi connectivity index (χ4n) is 2.13. The van der Waals surface area contributed by atoms with Crippen molar-refractivity contribution in [2.75, 3.05) is 22.9 Å². The molecule has 6 nitrogen and oxygen atoms in total. The minimum atomic E-state index is -3.39. The summed E-state index contributed by atoms with van der Waals surface area (Å²) in [7, 11) is -1.84. The molecule has 0 atom stereocenters. The van der Waals surface area contributed by atoms with Crippen LogP contribution in [-0.4, -0.2) is 27.2 Å². The number of nitrogens with one attached hydrogen (secondary N) is 2. The Morgan fingerprint density at radius 1 is 1.08 bits per heavy atom. The summed E-state index contributed by atoms with van der Waals surface area (Å²) in [5, 5.41) is 2.75. The van der Waals surface area contributed by atoms with Gasteiger partial charge in [0.15, 0.2) is 0 Å². The highest BCUT2D eigenvalue weighted by molar-refractivity contribution is 7.92. The number of benzene rings is 2. The number of anilines is 2. The molecule has 2 N–H and O–H groups in total. The summed E-state index contributed by atoms with van der Waals surface area (Å²) in [6.45, 7) is 1.79. The number of ether oxygens (including phenoxy) is 1. The molecule has 24 heavy (non-hydrogen) atoms. The molecule has 128 valence electrons. The summed E-state index contributed by atoms with van der Waals surface area (Å²) in [5.41, 5.74) is 1.31. The van der Waals surface area contributed by atoms with Crippen LogP contribution in [0, 0.1) is 0 Å². The predicted molar refractivity (Wildman–Crippen MR) is 95.1 cm³/mol. The number of carbonyl (C=O) groups excluding carboxylic acids is 1. The van der Waals surface area contributed by atoms with Crippen molar-refractivity contribution in [3.05, 3.63) is 54.1 Å². The largest absolute Gasteiger partial charge is 0.497 e. The van der Waals surface area contributed by atoms with Crippen LogP contribution in [0.5, 0.6) is 5.75 Å². The molecule has 0 aromatic heterocycles. The van der Waals surface area contributed by atoms with Gasteiger partial charge in [0.05, 0.1) is 12.9 Å². The Bertz CT molecular complexity index is 819. The normalized spacial score (nSPS) is 10.9. The topological polar surface area (TPSA) is 84.5 Å². The van der Waals surface area contributed by atoms with Gasteiger partial charge in [-0.1, -0.05) is 19.1 Å². The van der Waals surface area contributed by atoms with Crippen molar-refractivity contribution in [3.63, 3.8) is 0 Å². The summed E-state index contributed by atoms with van der Waals surface area (Å²) < 4.78 is 31.2. The molecule has 1 amide bonds. The number of rotatable bonds is 7.